The second-order valence-corrected chi connectivity index (χ2v) is 2.45. The predicted octanol–water partition coefficient (Wildman–Crippen LogP) is -0.407. The minimum absolute atomic E-state index is 0.209. The summed E-state index contributed by atoms with van der Waals surface area (Å²) in [6.07, 6.45) is -1.49. The van der Waals surface area contributed by atoms with E-state index in [0.29, 0.717) is 0 Å². The molecule has 0 bridgehead atoms. The fourth-order valence-electron chi connectivity index (χ4n) is 0.459. The molecule has 0 heterocycles. The van der Waals surface area contributed by atoms with Gasteiger partial charge in [0.1, 0.15) is 0 Å². The van der Waals surface area contributed by atoms with E-state index in [1.54, 1.807) is 6.92 Å². The second kappa shape index (κ2) is 2.98. The van der Waals surface area contributed by atoms with Gasteiger partial charge in [0.25, 0.3) is 0 Å². The lowest BCUT2D eigenvalue weighted by molar-refractivity contribution is -0.161. The summed E-state index contributed by atoms with van der Waals surface area (Å²) in [7, 11) is 0. The molecule has 10 heavy (non-hydrogen) atoms. The van der Waals surface area contributed by atoms with Crippen molar-refractivity contribution >= 4 is 5.97 Å². The molecule has 0 aliphatic heterocycles. The minimum Gasteiger partial charge on any atom is -0.479 e. The Balaban J connectivity index is 4.17. The van der Waals surface area contributed by atoms with Gasteiger partial charge in [-0.05, 0) is 13.3 Å². The van der Waals surface area contributed by atoms with E-state index in [2.05, 4.69) is 0 Å². The Kier molecular flexibility index (Phi) is 2.80. The van der Waals surface area contributed by atoms with E-state index in [0.717, 1.165) is 0 Å². The molecule has 3 N–H and O–H groups in total. The summed E-state index contributed by atoms with van der Waals surface area (Å²) in [6.45, 7) is 2.89. The first-order valence-corrected chi connectivity index (χ1v) is 3.05. The Morgan fingerprint density at radius 3 is 2.20 bits per heavy atom. The number of rotatable bonds is 3. The highest BCUT2D eigenvalue weighted by Crippen LogP contribution is 2.13. The largest absolute Gasteiger partial charge is 0.479 e. The maximum atomic E-state index is 10.1. The van der Waals surface area contributed by atoms with E-state index in [4.69, 9.17) is 15.3 Å². The highest BCUT2D eigenvalue weighted by Gasteiger charge is 2.33. The zero-order valence-corrected chi connectivity index (χ0v) is 6.03. The van der Waals surface area contributed by atoms with Crippen LogP contribution in [0.15, 0.2) is 0 Å². The molecule has 0 aromatic carbocycles. The molecule has 60 valence electrons. The maximum Gasteiger partial charge on any atom is 0.335 e. The lowest BCUT2D eigenvalue weighted by atomic mass is 9.96. The van der Waals surface area contributed by atoms with Crippen LogP contribution in [0.25, 0.3) is 0 Å². The molecule has 0 aliphatic rings. The zero-order chi connectivity index (χ0) is 8.36. The van der Waals surface area contributed by atoms with Crippen LogP contribution < -0.4 is 0 Å². The van der Waals surface area contributed by atoms with Crippen molar-refractivity contribution in [2.45, 2.75) is 32.0 Å². The molecule has 2 atom stereocenters. The van der Waals surface area contributed by atoms with Crippen LogP contribution in [0.2, 0.25) is 0 Å². The molecular formula is C6H12O4. The summed E-state index contributed by atoms with van der Waals surface area (Å²) in [5.74, 6) is -1.40. The Bertz CT molecular complexity index is 130. The number of aliphatic carboxylic acids is 1. The van der Waals surface area contributed by atoms with Crippen LogP contribution in [0.4, 0.5) is 0 Å². The van der Waals surface area contributed by atoms with Crippen LogP contribution in [-0.2, 0) is 4.79 Å². The molecule has 0 radical (unpaired) electrons. The van der Waals surface area contributed by atoms with Gasteiger partial charge in [0.05, 0.1) is 5.60 Å². The van der Waals surface area contributed by atoms with Gasteiger partial charge in [0, 0.05) is 0 Å². The highest BCUT2D eigenvalue weighted by atomic mass is 16.4. The van der Waals surface area contributed by atoms with Gasteiger partial charge in [-0.25, -0.2) is 4.79 Å². The lowest BCUT2D eigenvalue weighted by Gasteiger charge is -2.23. The van der Waals surface area contributed by atoms with Gasteiger partial charge in [0.2, 0.25) is 0 Å². The topological polar surface area (TPSA) is 77.8 Å². The smallest absolute Gasteiger partial charge is 0.335 e. The third kappa shape index (κ3) is 1.97. The van der Waals surface area contributed by atoms with Crippen molar-refractivity contribution in [2.75, 3.05) is 0 Å². The monoisotopic (exact) mass is 148 g/mol. The molecule has 0 saturated carbocycles. The molecule has 0 rings (SSSR count). The fraction of sp³-hybridized carbons (Fsp3) is 0.833. The van der Waals surface area contributed by atoms with E-state index in [9.17, 15) is 4.79 Å². The van der Waals surface area contributed by atoms with E-state index in [-0.39, 0.29) is 6.42 Å². The van der Waals surface area contributed by atoms with E-state index in [1.807, 2.05) is 0 Å². The molecule has 0 amide bonds. The number of hydrogen-bond acceptors (Lipinski definition) is 3. The van der Waals surface area contributed by atoms with Gasteiger partial charge in [0.15, 0.2) is 6.10 Å². The van der Waals surface area contributed by atoms with Crippen molar-refractivity contribution in [3.05, 3.63) is 0 Å². The van der Waals surface area contributed by atoms with Gasteiger partial charge in [-0.3, -0.25) is 0 Å². The van der Waals surface area contributed by atoms with E-state index < -0.39 is 17.7 Å². The second-order valence-electron chi connectivity index (χ2n) is 2.45. The quantitative estimate of drug-likeness (QED) is 0.508. The molecule has 4 heteroatoms. The first kappa shape index (κ1) is 9.39. The summed E-state index contributed by atoms with van der Waals surface area (Å²) in [5.41, 5.74) is -1.52. The van der Waals surface area contributed by atoms with Crippen LogP contribution in [0.1, 0.15) is 20.3 Å². The van der Waals surface area contributed by atoms with E-state index >= 15 is 0 Å². The van der Waals surface area contributed by atoms with Crippen LogP contribution >= 0.6 is 0 Å². The van der Waals surface area contributed by atoms with E-state index in [1.165, 1.54) is 6.92 Å². The fourth-order valence-corrected chi connectivity index (χ4v) is 0.459. The Morgan fingerprint density at radius 2 is 2.10 bits per heavy atom. The van der Waals surface area contributed by atoms with Crippen molar-refractivity contribution in [1.29, 1.82) is 0 Å². The van der Waals surface area contributed by atoms with Crippen molar-refractivity contribution < 1.29 is 20.1 Å². The highest BCUT2D eigenvalue weighted by molar-refractivity contribution is 5.73. The Labute approximate surface area is 59.1 Å². The van der Waals surface area contributed by atoms with Crippen molar-refractivity contribution in [3.8, 4) is 0 Å². The number of hydrogen-bond donors (Lipinski definition) is 3. The lowest BCUT2D eigenvalue weighted by Crippen LogP contribution is -2.43. The molecule has 0 saturated heterocycles. The van der Waals surface area contributed by atoms with Crippen molar-refractivity contribution in [3.63, 3.8) is 0 Å². The predicted molar refractivity (Wildman–Crippen MR) is 34.6 cm³/mol. The average molecular weight is 148 g/mol. The Morgan fingerprint density at radius 1 is 1.70 bits per heavy atom. The number of aliphatic hydroxyl groups excluding tert-OH is 1. The molecule has 0 spiro atoms. The van der Waals surface area contributed by atoms with Crippen LogP contribution in [0, 0.1) is 0 Å². The molecule has 1 unspecified atom stereocenters. The first-order valence-electron chi connectivity index (χ1n) is 3.05. The van der Waals surface area contributed by atoms with Gasteiger partial charge >= 0.3 is 5.97 Å². The van der Waals surface area contributed by atoms with Crippen LogP contribution in [0.3, 0.4) is 0 Å². The normalized spacial score (nSPS) is 19.6. The molecule has 0 aliphatic carbocycles. The molecular weight excluding hydrogens is 136 g/mol. The van der Waals surface area contributed by atoms with Crippen LogP contribution in [0.5, 0.6) is 0 Å². The third-order valence-corrected chi connectivity index (χ3v) is 1.54. The summed E-state index contributed by atoms with van der Waals surface area (Å²) in [6, 6.07) is 0. The van der Waals surface area contributed by atoms with Gasteiger partial charge in [-0.1, -0.05) is 6.92 Å². The maximum absolute atomic E-state index is 10.1. The van der Waals surface area contributed by atoms with Gasteiger partial charge in [-0.15, -0.1) is 0 Å². The molecule has 4 nitrogen and oxygen atoms in total. The minimum atomic E-state index is -1.70. The third-order valence-electron chi connectivity index (χ3n) is 1.54. The van der Waals surface area contributed by atoms with Crippen LogP contribution in [-0.4, -0.2) is 33.0 Å². The number of carboxylic acid groups (broad SMARTS) is 1. The first-order chi connectivity index (χ1) is 4.41. The summed E-state index contributed by atoms with van der Waals surface area (Å²) in [5, 5.41) is 26.2. The summed E-state index contributed by atoms with van der Waals surface area (Å²) in [4.78, 5) is 10.1. The SMILES string of the molecule is CC[C@@](C)(O)C(O)C(=O)O. The molecule has 0 aromatic heterocycles. The number of aliphatic hydroxyl groups is 2. The van der Waals surface area contributed by atoms with Crippen molar-refractivity contribution in [2.24, 2.45) is 0 Å². The Hall–Kier alpha value is -0.610. The number of carbonyl (C=O) groups is 1. The zero-order valence-electron chi connectivity index (χ0n) is 6.03. The summed E-state index contributed by atoms with van der Waals surface area (Å²) < 4.78 is 0. The number of carboxylic acids is 1. The van der Waals surface area contributed by atoms with Gasteiger partial charge in [-0.2, -0.15) is 0 Å². The average Bonchev–Trinajstić information content (AvgIpc) is 1.86. The molecule has 0 fully saturated rings. The molecule has 0 aromatic rings. The van der Waals surface area contributed by atoms with Gasteiger partial charge < -0.3 is 15.3 Å². The van der Waals surface area contributed by atoms with Crippen molar-refractivity contribution in [1.82, 2.24) is 0 Å². The summed E-state index contributed by atoms with van der Waals surface area (Å²) >= 11 is 0. The standard InChI is InChI=1S/C6H12O4/c1-3-6(2,10)4(7)5(8)9/h4,7,10H,3H2,1-2H3,(H,8,9)/t4?,6-/m1/s1.